The molecule has 0 spiro atoms. The van der Waals surface area contributed by atoms with Crippen molar-refractivity contribution in [1.29, 1.82) is 0 Å². The van der Waals surface area contributed by atoms with Crippen LogP contribution in [0.4, 0.5) is 19.1 Å². The van der Waals surface area contributed by atoms with Crippen molar-refractivity contribution in [3.05, 3.63) is 24.4 Å². The number of pyridine rings is 1. The van der Waals surface area contributed by atoms with Crippen molar-refractivity contribution in [3.8, 4) is 0 Å². The SMILES string of the molecule is O=C(Nc1nnc2ccccn12)[C@@H]1CC(=O)N(CC(F)(F)F)C1. The second-order valence-electron chi connectivity index (χ2n) is 5.23. The lowest BCUT2D eigenvalue weighted by molar-refractivity contribution is -0.157. The van der Waals surface area contributed by atoms with Gasteiger partial charge in [0.25, 0.3) is 0 Å². The van der Waals surface area contributed by atoms with Gasteiger partial charge >= 0.3 is 6.18 Å². The summed E-state index contributed by atoms with van der Waals surface area (Å²) in [5.41, 5.74) is 0.518. The first-order valence-corrected chi connectivity index (χ1v) is 6.78. The van der Waals surface area contributed by atoms with Crippen LogP contribution in [0.25, 0.3) is 5.65 Å². The highest BCUT2D eigenvalue weighted by Crippen LogP contribution is 2.24. The number of carbonyl (C=O) groups is 2. The molecule has 0 aliphatic carbocycles. The van der Waals surface area contributed by atoms with E-state index in [1.165, 1.54) is 4.40 Å². The predicted molar refractivity (Wildman–Crippen MR) is 72.4 cm³/mol. The molecule has 1 aliphatic rings. The summed E-state index contributed by atoms with van der Waals surface area (Å²) in [4.78, 5) is 24.4. The Labute approximate surface area is 128 Å². The third-order valence-electron chi connectivity index (χ3n) is 3.50. The number of likely N-dealkylation sites (tertiary alicyclic amines) is 1. The lowest BCUT2D eigenvalue weighted by atomic mass is 10.1. The van der Waals surface area contributed by atoms with Gasteiger partial charge in [-0.15, -0.1) is 10.2 Å². The first-order valence-electron chi connectivity index (χ1n) is 6.78. The van der Waals surface area contributed by atoms with Crippen LogP contribution in [0.15, 0.2) is 24.4 Å². The summed E-state index contributed by atoms with van der Waals surface area (Å²) in [5.74, 6) is -1.93. The molecule has 0 radical (unpaired) electrons. The molecule has 7 nitrogen and oxygen atoms in total. The number of fused-ring (bicyclic) bond motifs is 1. The van der Waals surface area contributed by atoms with E-state index in [1.807, 2.05) is 0 Å². The quantitative estimate of drug-likeness (QED) is 0.915. The number of carbonyl (C=O) groups excluding carboxylic acids is 2. The van der Waals surface area contributed by atoms with E-state index in [0.29, 0.717) is 10.5 Å². The van der Waals surface area contributed by atoms with E-state index < -0.39 is 30.5 Å². The Bertz CT molecular complexity index is 757. The molecule has 2 aromatic rings. The highest BCUT2D eigenvalue weighted by molar-refractivity contribution is 5.96. The van der Waals surface area contributed by atoms with Crippen molar-refractivity contribution in [2.75, 3.05) is 18.4 Å². The third kappa shape index (κ3) is 3.25. The van der Waals surface area contributed by atoms with Gasteiger partial charge in [-0.1, -0.05) is 6.07 Å². The van der Waals surface area contributed by atoms with Crippen LogP contribution in [0, 0.1) is 5.92 Å². The van der Waals surface area contributed by atoms with Crippen LogP contribution >= 0.6 is 0 Å². The minimum Gasteiger partial charge on any atom is -0.333 e. The zero-order valence-electron chi connectivity index (χ0n) is 11.7. The summed E-state index contributed by atoms with van der Waals surface area (Å²) in [6.45, 7) is -1.61. The molecule has 1 atom stereocenters. The molecule has 2 amide bonds. The van der Waals surface area contributed by atoms with Gasteiger partial charge in [0.15, 0.2) is 5.65 Å². The van der Waals surface area contributed by atoms with Gasteiger partial charge in [-0.05, 0) is 12.1 Å². The Morgan fingerprint density at radius 1 is 1.35 bits per heavy atom. The minimum atomic E-state index is -4.48. The number of hydrogen-bond acceptors (Lipinski definition) is 4. The smallest absolute Gasteiger partial charge is 0.333 e. The number of alkyl halides is 3. The molecule has 1 N–H and O–H groups in total. The Kier molecular flexibility index (Phi) is 3.66. The largest absolute Gasteiger partial charge is 0.406 e. The molecule has 3 heterocycles. The fourth-order valence-corrected chi connectivity index (χ4v) is 2.46. The summed E-state index contributed by atoms with van der Waals surface area (Å²) in [7, 11) is 0. The molecular weight excluding hydrogens is 315 g/mol. The van der Waals surface area contributed by atoms with Gasteiger partial charge in [0.2, 0.25) is 17.8 Å². The summed E-state index contributed by atoms with van der Waals surface area (Å²) in [6, 6.07) is 5.16. The van der Waals surface area contributed by atoms with Gasteiger partial charge in [-0.25, -0.2) is 0 Å². The molecular formula is C13H12F3N5O2. The average Bonchev–Trinajstić information content (AvgIpc) is 3.03. The maximum Gasteiger partial charge on any atom is 0.406 e. The highest BCUT2D eigenvalue weighted by atomic mass is 19.4. The van der Waals surface area contributed by atoms with E-state index in [2.05, 4.69) is 15.5 Å². The maximum atomic E-state index is 12.4. The molecule has 2 aromatic heterocycles. The minimum absolute atomic E-state index is 0.160. The molecule has 1 fully saturated rings. The Balaban J connectivity index is 1.68. The predicted octanol–water partition coefficient (Wildman–Crippen LogP) is 1.08. The molecule has 1 aliphatic heterocycles. The van der Waals surface area contributed by atoms with Gasteiger partial charge in [-0.2, -0.15) is 13.2 Å². The monoisotopic (exact) mass is 327 g/mol. The third-order valence-corrected chi connectivity index (χ3v) is 3.50. The molecule has 10 heteroatoms. The number of nitrogens with one attached hydrogen (secondary N) is 1. The maximum absolute atomic E-state index is 12.4. The van der Waals surface area contributed by atoms with Crippen molar-refractivity contribution in [2.24, 2.45) is 5.92 Å². The summed E-state index contributed by atoms with van der Waals surface area (Å²) < 4.78 is 38.6. The van der Waals surface area contributed by atoms with Crippen molar-refractivity contribution >= 4 is 23.4 Å². The van der Waals surface area contributed by atoms with E-state index >= 15 is 0 Å². The second kappa shape index (κ2) is 5.52. The molecule has 122 valence electrons. The van der Waals surface area contributed by atoms with Crippen LogP contribution in [0.5, 0.6) is 0 Å². The number of amides is 2. The lowest BCUT2D eigenvalue weighted by Crippen LogP contribution is -2.36. The lowest BCUT2D eigenvalue weighted by Gasteiger charge is -2.18. The molecule has 0 saturated carbocycles. The highest BCUT2D eigenvalue weighted by Gasteiger charge is 2.40. The number of rotatable bonds is 3. The van der Waals surface area contributed by atoms with Gasteiger partial charge in [0, 0.05) is 19.2 Å². The zero-order chi connectivity index (χ0) is 16.6. The van der Waals surface area contributed by atoms with E-state index in [-0.39, 0.29) is 18.9 Å². The topological polar surface area (TPSA) is 79.6 Å². The Morgan fingerprint density at radius 2 is 2.13 bits per heavy atom. The molecule has 23 heavy (non-hydrogen) atoms. The average molecular weight is 327 g/mol. The van der Waals surface area contributed by atoms with E-state index in [1.54, 1.807) is 24.4 Å². The van der Waals surface area contributed by atoms with Crippen LogP contribution < -0.4 is 5.32 Å². The fraction of sp³-hybridized carbons (Fsp3) is 0.385. The van der Waals surface area contributed by atoms with Crippen LogP contribution in [0.1, 0.15) is 6.42 Å². The number of aromatic nitrogens is 3. The number of halogens is 3. The van der Waals surface area contributed by atoms with Crippen LogP contribution in [-0.2, 0) is 9.59 Å². The van der Waals surface area contributed by atoms with Gasteiger partial charge in [0.1, 0.15) is 6.54 Å². The van der Waals surface area contributed by atoms with Crippen molar-refractivity contribution in [1.82, 2.24) is 19.5 Å². The molecule has 1 saturated heterocycles. The molecule has 3 rings (SSSR count). The van der Waals surface area contributed by atoms with Crippen LogP contribution in [0.3, 0.4) is 0 Å². The second-order valence-corrected chi connectivity index (χ2v) is 5.23. The zero-order valence-corrected chi connectivity index (χ0v) is 11.7. The summed E-state index contributed by atoms with van der Waals surface area (Å²) in [6.07, 6.45) is -3.09. The Morgan fingerprint density at radius 3 is 2.87 bits per heavy atom. The van der Waals surface area contributed by atoms with E-state index in [9.17, 15) is 22.8 Å². The van der Waals surface area contributed by atoms with Gasteiger partial charge < -0.3 is 4.90 Å². The van der Waals surface area contributed by atoms with Crippen LogP contribution in [0.2, 0.25) is 0 Å². The van der Waals surface area contributed by atoms with E-state index in [4.69, 9.17) is 0 Å². The number of hydrogen-bond donors (Lipinski definition) is 1. The molecule has 0 bridgehead atoms. The molecule has 0 aromatic carbocycles. The number of nitrogens with zero attached hydrogens (tertiary/aromatic N) is 4. The van der Waals surface area contributed by atoms with Gasteiger partial charge in [-0.3, -0.25) is 19.3 Å². The van der Waals surface area contributed by atoms with Crippen molar-refractivity contribution < 1.29 is 22.8 Å². The van der Waals surface area contributed by atoms with Crippen molar-refractivity contribution in [2.45, 2.75) is 12.6 Å². The van der Waals surface area contributed by atoms with E-state index in [0.717, 1.165) is 0 Å². The summed E-state index contributed by atoms with van der Waals surface area (Å²) >= 11 is 0. The number of anilines is 1. The summed E-state index contributed by atoms with van der Waals surface area (Å²) in [5, 5.41) is 10.2. The first-order chi connectivity index (χ1) is 10.8. The van der Waals surface area contributed by atoms with Gasteiger partial charge in [0.05, 0.1) is 5.92 Å². The van der Waals surface area contributed by atoms with Crippen molar-refractivity contribution in [3.63, 3.8) is 0 Å². The molecule has 0 unspecified atom stereocenters. The Hall–Kier alpha value is -2.65. The van der Waals surface area contributed by atoms with Crippen LogP contribution in [-0.4, -0.2) is 50.6 Å². The normalized spacial score (nSPS) is 18.7. The first kappa shape index (κ1) is 15.3. The fourth-order valence-electron chi connectivity index (χ4n) is 2.46. The standard InChI is InChI=1S/C13H12F3N5O2/c14-13(15,16)7-20-6-8(5-10(20)22)11(23)17-12-19-18-9-3-1-2-4-21(9)12/h1-4,8H,5-7H2,(H,17,19,23)/t8-/m1/s1.